The second-order valence-corrected chi connectivity index (χ2v) is 5.26. The van der Waals surface area contributed by atoms with E-state index in [2.05, 4.69) is 6.92 Å². The minimum atomic E-state index is -0.637. The molecule has 4 nitrogen and oxygen atoms in total. The molecule has 0 N–H and O–H groups in total. The highest BCUT2D eigenvalue weighted by molar-refractivity contribution is 6.00. The van der Waals surface area contributed by atoms with Crippen molar-refractivity contribution in [2.24, 2.45) is 17.8 Å². The zero-order valence-corrected chi connectivity index (χ0v) is 12.3. The fourth-order valence-corrected chi connectivity index (χ4v) is 2.91. The molecule has 0 aromatic rings. The van der Waals surface area contributed by atoms with Crippen LogP contribution in [0.5, 0.6) is 0 Å². The molecule has 1 aliphatic rings. The third kappa shape index (κ3) is 4.60. The highest BCUT2D eigenvalue weighted by Gasteiger charge is 2.39. The summed E-state index contributed by atoms with van der Waals surface area (Å²) in [4.78, 5) is 24.3. The number of ketones is 1. The Balaban J connectivity index is 2.77. The van der Waals surface area contributed by atoms with Gasteiger partial charge in [0.25, 0.3) is 0 Å². The molecule has 0 amide bonds. The molecular weight excluding hydrogens is 244 g/mol. The first-order chi connectivity index (χ1) is 9.11. The normalized spacial score (nSPS) is 24.8. The zero-order valence-electron chi connectivity index (χ0n) is 12.3. The van der Waals surface area contributed by atoms with Crippen LogP contribution in [0.2, 0.25) is 0 Å². The SMILES string of the molecule is CCOCC(=O)C(C(=O)OCC)C1CCCCC1C. The molecule has 110 valence electrons. The van der Waals surface area contributed by atoms with Crippen LogP contribution in [0, 0.1) is 17.8 Å². The van der Waals surface area contributed by atoms with E-state index in [1.54, 1.807) is 6.92 Å². The van der Waals surface area contributed by atoms with Crippen LogP contribution in [-0.2, 0) is 19.1 Å². The molecule has 0 aliphatic heterocycles. The van der Waals surface area contributed by atoms with E-state index < -0.39 is 5.92 Å². The van der Waals surface area contributed by atoms with Crippen molar-refractivity contribution < 1.29 is 19.1 Å². The minimum Gasteiger partial charge on any atom is -0.465 e. The van der Waals surface area contributed by atoms with Crippen molar-refractivity contribution in [1.29, 1.82) is 0 Å². The summed E-state index contributed by atoms with van der Waals surface area (Å²) in [5.74, 6) is -0.624. The van der Waals surface area contributed by atoms with Crippen molar-refractivity contribution >= 4 is 11.8 Å². The number of ether oxygens (including phenoxy) is 2. The van der Waals surface area contributed by atoms with E-state index >= 15 is 0 Å². The predicted molar refractivity (Wildman–Crippen MR) is 72.7 cm³/mol. The van der Waals surface area contributed by atoms with Gasteiger partial charge < -0.3 is 9.47 Å². The number of hydrogen-bond acceptors (Lipinski definition) is 4. The van der Waals surface area contributed by atoms with Crippen LogP contribution in [0.3, 0.4) is 0 Å². The lowest BCUT2D eigenvalue weighted by Crippen LogP contribution is -2.39. The van der Waals surface area contributed by atoms with Crippen LogP contribution < -0.4 is 0 Å². The average molecular weight is 270 g/mol. The molecule has 3 atom stereocenters. The van der Waals surface area contributed by atoms with Gasteiger partial charge in [-0.25, -0.2) is 0 Å². The second kappa shape index (κ2) is 8.31. The first-order valence-corrected chi connectivity index (χ1v) is 7.38. The Labute approximate surface area is 115 Å². The Morgan fingerprint density at radius 2 is 1.84 bits per heavy atom. The van der Waals surface area contributed by atoms with Gasteiger partial charge in [-0.3, -0.25) is 9.59 Å². The fourth-order valence-electron chi connectivity index (χ4n) is 2.91. The summed E-state index contributed by atoms with van der Waals surface area (Å²) in [5, 5.41) is 0. The number of esters is 1. The largest absolute Gasteiger partial charge is 0.465 e. The number of rotatable bonds is 7. The molecule has 3 unspecified atom stereocenters. The molecule has 0 aromatic heterocycles. The monoisotopic (exact) mass is 270 g/mol. The molecule has 0 heterocycles. The first kappa shape index (κ1) is 16.2. The molecule has 1 rings (SSSR count). The maximum absolute atomic E-state index is 12.2. The fraction of sp³-hybridized carbons (Fsp3) is 0.867. The number of carbonyl (C=O) groups is 2. The molecule has 0 saturated heterocycles. The quantitative estimate of drug-likeness (QED) is 0.527. The van der Waals surface area contributed by atoms with Crippen molar-refractivity contribution in [2.45, 2.75) is 46.5 Å². The lowest BCUT2D eigenvalue weighted by atomic mass is 9.72. The molecule has 0 spiro atoms. The number of hydrogen-bond donors (Lipinski definition) is 0. The maximum atomic E-state index is 12.2. The topological polar surface area (TPSA) is 52.6 Å². The lowest BCUT2D eigenvalue weighted by Gasteiger charge is -2.33. The summed E-state index contributed by atoms with van der Waals surface area (Å²) in [6.45, 7) is 6.56. The Bertz CT molecular complexity index is 301. The Hall–Kier alpha value is -0.900. The van der Waals surface area contributed by atoms with E-state index in [0.717, 1.165) is 19.3 Å². The van der Waals surface area contributed by atoms with E-state index in [4.69, 9.17) is 9.47 Å². The highest BCUT2D eigenvalue weighted by atomic mass is 16.5. The number of carbonyl (C=O) groups excluding carboxylic acids is 2. The molecular formula is C15H26O4. The van der Waals surface area contributed by atoms with Crippen LogP contribution in [0.1, 0.15) is 46.5 Å². The summed E-state index contributed by atoms with van der Waals surface area (Å²) < 4.78 is 10.3. The molecule has 0 bridgehead atoms. The first-order valence-electron chi connectivity index (χ1n) is 7.38. The van der Waals surface area contributed by atoms with Crippen molar-refractivity contribution in [3.05, 3.63) is 0 Å². The second-order valence-electron chi connectivity index (χ2n) is 5.26. The van der Waals surface area contributed by atoms with E-state index in [-0.39, 0.29) is 24.3 Å². The smallest absolute Gasteiger partial charge is 0.316 e. The Morgan fingerprint density at radius 3 is 2.42 bits per heavy atom. The molecule has 1 saturated carbocycles. The van der Waals surface area contributed by atoms with Gasteiger partial charge in [0.2, 0.25) is 0 Å². The zero-order chi connectivity index (χ0) is 14.3. The summed E-state index contributed by atoms with van der Waals surface area (Å²) in [5.41, 5.74) is 0. The van der Waals surface area contributed by atoms with Crippen LogP contribution in [0.25, 0.3) is 0 Å². The third-order valence-electron chi connectivity index (χ3n) is 3.94. The van der Waals surface area contributed by atoms with Crippen molar-refractivity contribution in [1.82, 2.24) is 0 Å². The van der Waals surface area contributed by atoms with Crippen LogP contribution in [0.4, 0.5) is 0 Å². The standard InChI is InChI=1S/C15H26O4/c1-4-18-10-13(16)14(15(17)19-5-2)12-9-7-6-8-11(12)3/h11-12,14H,4-10H2,1-3H3. The third-order valence-corrected chi connectivity index (χ3v) is 3.94. The number of Topliss-reactive ketones (excluding diaryl/α,β-unsaturated/α-hetero) is 1. The molecule has 1 aliphatic carbocycles. The van der Waals surface area contributed by atoms with Gasteiger partial charge in [-0.1, -0.05) is 26.2 Å². The lowest BCUT2D eigenvalue weighted by molar-refractivity contribution is -0.156. The predicted octanol–water partition coefficient (Wildman–Crippen LogP) is 2.60. The molecule has 19 heavy (non-hydrogen) atoms. The summed E-state index contributed by atoms with van der Waals surface area (Å²) in [7, 11) is 0. The van der Waals surface area contributed by atoms with Crippen molar-refractivity contribution in [3.8, 4) is 0 Å². The van der Waals surface area contributed by atoms with Gasteiger partial charge in [0.1, 0.15) is 12.5 Å². The summed E-state index contributed by atoms with van der Waals surface area (Å²) in [6, 6.07) is 0. The van der Waals surface area contributed by atoms with E-state index in [0.29, 0.717) is 19.1 Å². The van der Waals surface area contributed by atoms with Crippen molar-refractivity contribution in [3.63, 3.8) is 0 Å². The van der Waals surface area contributed by atoms with E-state index in [1.165, 1.54) is 6.42 Å². The van der Waals surface area contributed by atoms with E-state index in [9.17, 15) is 9.59 Å². The Morgan fingerprint density at radius 1 is 1.16 bits per heavy atom. The average Bonchev–Trinajstić information content (AvgIpc) is 2.39. The molecule has 0 radical (unpaired) electrons. The van der Waals surface area contributed by atoms with Crippen LogP contribution in [0.15, 0.2) is 0 Å². The molecule has 1 fully saturated rings. The van der Waals surface area contributed by atoms with Gasteiger partial charge in [0.15, 0.2) is 5.78 Å². The van der Waals surface area contributed by atoms with Gasteiger partial charge in [-0.2, -0.15) is 0 Å². The minimum absolute atomic E-state index is 0.0171. The van der Waals surface area contributed by atoms with Gasteiger partial charge >= 0.3 is 5.97 Å². The Kier molecular flexibility index (Phi) is 7.06. The molecule has 4 heteroatoms. The van der Waals surface area contributed by atoms with Gasteiger partial charge in [0.05, 0.1) is 6.61 Å². The summed E-state index contributed by atoms with van der Waals surface area (Å²) in [6.07, 6.45) is 4.30. The van der Waals surface area contributed by atoms with Gasteiger partial charge in [-0.05, 0) is 32.1 Å². The van der Waals surface area contributed by atoms with Gasteiger partial charge in [-0.15, -0.1) is 0 Å². The summed E-state index contributed by atoms with van der Waals surface area (Å²) >= 11 is 0. The van der Waals surface area contributed by atoms with Crippen LogP contribution >= 0.6 is 0 Å². The maximum Gasteiger partial charge on any atom is 0.316 e. The van der Waals surface area contributed by atoms with Crippen molar-refractivity contribution in [2.75, 3.05) is 19.8 Å². The molecule has 0 aromatic carbocycles. The van der Waals surface area contributed by atoms with Gasteiger partial charge in [0, 0.05) is 6.61 Å². The highest BCUT2D eigenvalue weighted by Crippen LogP contribution is 2.36. The van der Waals surface area contributed by atoms with Crippen LogP contribution in [-0.4, -0.2) is 31.6 Å². The van der Waals surface area contributed by atoms with E-state index in [1.807, 2.05) is 6.92 Å².